The normalized spacial score (nSPS) is 45.9. The van der Waals surface area contributed by atoms with Gasteiger partial charge in [0.1, 0.15) is 12.3 Å². The first-order chi connectivity index (χ1) is 9.47. The Morgan fingerprint density at radius 3 is 1.52 bits per heavy atom. The fraction of sp³-hybridized carbons (Fsp3) is 1.00. The maximum Gasteiger partial charge on any atom is 0.355 e. The molecule has 2 saturated carbocycles. The lowest BCUT2D eigenvalue weighted by atomic mass is 9.55. The van der Waals surface area contributed by atoms with Crippen LogP contribution in [0.4, 0.5) is 53.0 Å². The van der Waals surface area contributed by atoms with E-state index >= 15 is 0 Å². The lowest BCUT2D eigenvalue weighted by molar-refractivity contribution is -0.475. The van der Waals surface area contributed by atoms with Crippen molar-refractivity contribution >= 4 is 0 Å². The predicted molar refractivity (Wildman–Crippen MR) is 50.1 cm³/mol. The molecule has 2 bridgehead atoms. The molecule has 0 aliphatic heterocycles. The fourth-order valence-electron chi connectivity index (χ4n) is 2.94. The zero-order valence-corrected chi connectivity index (χ0v) is 10.6. The second-order valence-corrected chi connectivity index (χ2v) is 5.57. The van der Waals surface area contributed by atoms with Crippen LogP contribution in [0, 0.1) is 0 Å². The van der Waals surface area contributed by atoms with Gasteiger partial charge in [0.25, 0.3) is 0 Å². The van der Waals surface area contributed by atoms with Crippen molar-refractivity contribution in [1.29, 1.82) is 0 Å². The number of alkyl halides is 11. The van der Waals surface area contributed by atoms with Crippen molar-refractivity contribution in [3.63, 3.8) is 0 Å². The first-order valence-corrected chi connectivity index (χ1v) is 5.65. The number of rotatable bonds is 1. The molecular weight excluding hydrogens is 364 g/mol. The summed E-state index contributed by atoms with van der Waals surface area (Å²) in [6, 6.07) is 0. The van der Waals surface area contributed by atoms with E-state index in [2.05, 4.69) is 0 Å². The minimum atomic E-state index is -6.82. The molecule has 0 radical (unpaired) electrons. The fourth-order valence-corrected chi connectivity index (χ4v) is 2.94. The summed E-state index contributed by atoms with van der Waals surface area (Å²) in [6.07, 6.45) is -5.58. The van der Waals surface area contributed by atoms with Gasteiger partial charge < -0.3 is 5.11 Å². The summed E-state index contributed by atoms with van der Waals surface area (Å²) < 4.78 is 148. The molecule has 0 amide bonds. The highest BCUT2D eigenvalue weighted by atomic mass is 19.3. The molecule has 0 spiro atoms. The van der Waals surface area contributed by atoms with Crippen molar-refractivity contribution in [3.8, 4) is 0 Å². The van der Waals surface area contributed by atoms with Crippen LogP contribution in [-0.4, -0.2) is 52.4 Å². The molecule has 0 heterocycles. The van der Waals surface area contributed by atoms with Crippen LogP contribution >= 0.6 is 0 Å². The molecular formula is C10H8F12O. The summed E-state index contributed by atoms with van der Waals surface area (Å²) in [5, 5.41) is 9.32. The van der Waals surface area contributed by atoms with Crippen LogP contribution in [0.2, 0.25) is 0 Å². The Labute approximate surface area is 119 Å². The molecule has 0 aromatic heterocycles. The standard InChI is InChI=1S/C10H7F11O.FH/c11-3-4(12)1-5(22)2-6(13,14)10(20,21)7(15,8(4,16)17)9(5,18)19;/h22H,1-3H2;1H. The van der Waals surface area contributed by atoms with Crippen LogP contribution in [0.5, 0.6) is 0 Å². The van der Waals surface area contributed by atoms with Crippen molar-refractivity contribution in [2.24, 2.45) is 0 Å². The highest BCUT2D eigenvalue weighted by Gasteiger charge is 3.00. The van der Waals surface area contributed by atoms with Crippen molar-refractivity contribution in [1.82, 2.24) is 0 Å². The molecule has 3 unspecified atom stereocenters. The zero-order chi connectivity index (χ0) is 17.6. The van der Waals surface area contributed by atoms with Gasteiger partial charge in [-0.25, -0.2) is 13.2 Å². The molecule has 2 aliphatic rings. The molecule has 1 N–H and O–H groups in total. The van der Waals surface area contributed by atoms with Gasteiger partial charge in [-0.05, 0) is 0 Å². The summed E-state index contributed by atoms with van der Waals surface area (Å²) in [5.41, 5.74) is -16.4. The van der Waals surface area contributed by atoms with E-state index in [1.165, 1.54) is 0 Å². The zero-order valence-electron chi connectivity index (χ0n) is 10.6. The minimum absolute atomic E-state index is 0. The number of hydrogen-bond acceptors (Lipinski definition) is 1. The Morgan fingerprint density at radius 2 is 1.13 bits per heavy atom. The van der Waals surface area contributed by atoms with Crippen LogP contribution in [0.15, 0.2) is 0 Å². The Balaban J connectivity index is 0.00000264. The third kappa shape index (κ3) is 1.66. The Hall–Kier alpha value is -0.880. The van der Waals surface area contributed by atoms with Gasteiger partial charge in [-0.1, -0.05) is 0 Å². The van der Waals surface area contributed by atoms with E-state index in [9.17, 15) is 53.4 Å². The third-order valence-electron chi connectivity index (χ3n) is 4.20. The van der Waals surface area contributed by atoms with Crippen LogP contribution in [-0.2, 0) is 0 Å². The summed E-state index contributed by atoms with van der Waals surface area (Å²) in [7, 11) is 0. The predicted octanol–water partition coefficient (Wildman–Crippen LogP) is 3.60. The van der Waals surface area contributed by atoms with Gasteiger partial charge in [0.05, 0.1) is 6.42 Å². The molecule has 23 heavy (non-hydrogen) atoms. The van der Waals surface area contributed by atoms with E-state index < -0.39 is 60.1 Å². The smallest absolute Gasteiger partial charge is 0.355 e. The van der Waals surface area contributed by atoms with E-state index in [1.807, 2.05) is 0 Å². The van der Waals surface area contributed by atoms with Crippen molar-refractivity contribution in [2.45, 2.75) is 53.5 Å². The minimum Gasteiger partial charge on any atom is -0.383 e. The average Bonchev–Trinajstić information content (AvgIpc) is 2.33. The summed E-state index contributed by atoms with van der Waals surface area (Å²) >= 11 is 0. The van der Waals surface area contributed by atoms with E-state index in [0.29, 0.717) is 0 Å². The quantitative estimate of drug-likeness (QED) is 0.698. The Kier molecular flexibility index (Phi) is 3.85. The molecule has 2 fully saturated rings. The molecule has 3 atom stereocenters. The molecule has 0 saturated heterocycles. The van der Waals surface area contributed by atoms with E-state index in [0.717, 1.165) is 0 Å². The van der Waals surface area contributed by atoms with Crippen LogP contribution in [0.3, 0.4) is 0 Å². The number of hydrogen-bond donors (Lipinski definition) is 1. The highest BCUT2D eigenvalue weighted by Crippen LogP contribution is 2.73. The van der Waals surface area contributed by atoms with Gasteiger partial charge in [0.15, 0.2) is 0 Å². The second-order valence-electron chi connectivity index (χ2n) is 5.57. The van der Waals surface area contributed by atoms with Crippen LogP contribution in [0.25, 0.3) is 0 Å². The molecule has 13 heteroatoms. The van der Waals surface area contributed by atoms with E-state index in [-0.39, 0.29) is 4.70 Å². The van der Waals surface area contributed by atoms with Gasteiger partial charge in [-0.15, -0.1) is 0 Å². The molecule has 1 nitrogen and oxygen atoms in total. The first-order valence-electron chi connectivity index (χ1n) is 5.65. The Bertz CT molecular complexity index is 496. The topological polar surface area (TPSA) is 20.2 Å². The molecule has 0 aromatic carbocycles. The van der Waals surface area contributed by atoms with Crippen molar-refractivity contribution < 1.29 is 58.1 Å². The lowest BCUT2D eigenvalue weighted by Crippen LogP contribution is -2.89. The van der Waals surface area contributed by atoms with E-state index in [1.54, 1.807) is 0 Å². The summed E-state index contributed by atoms with van der Waals surface area (Å²) in [4.78, 5) is 0. The molecule has 0 aromatic rings. The van der Waals surface area contributed by atoms with Crippen LogP contribution in [0.1, 0.15) is 12.8 Å². The highest BCUT2D eigenvalue weighted by molar-refractivity contribution is 5.34. The van der Waals surface area contributed by atoms with Gasteiger partial charge in [0.2, 0.25) is 5.67 Å². The second kappa shape index (κ2) is 4.39. The van der Waals surface area contributed by atoms with Crippen molar-refractivity contribution in [3.05, 3.63) is 0 Å². The maximum atomic E-state index is 14.1. The van der Waals surface area contributed by atoms with E-state index in [4.69, 9.17) is 0 Å². The summed E-state index contributed by atoms with van der Waals surface area (Å²) in [6.45, 7) is -2.94. The van der Waals surface area contributed by atoms with Gasteiger partial charge in [0, 0.05) is 6.42 Å². The lowest BCUT2D eigenvalue weighted by Gasteiger charge is -2.61. The average molecular weight is 372 g/mol. The van der Waals surface area contributed by atoms with Gasteiger partial charge >= 0.3 is 29.4 Å². The third-order valence-corrected chi connectivity index (χ3v) is 4.20. The monoisotopic (exact) mass is 372 g/mol. The van der Waals surface area contributed by atoms with Crippen molar-refractivity contribution in [2.75, 3.05) is 6.67 Å². The summed E-state index contributed by atoms with van der Waals surface area (Å²) in [5.74, 6) is -25.3. The number of fused-ring (bicyclic) bond motifs is 2. The molecule has 138 valence electrons. The molecule has 2 aliphatic carbocycles. The molecule has 2 rings (SSSR count). The maximum absolute atomic E-state index is 14.1. The largest absolute Gasteiger partial charge is 0.383 e. The van der Waals surface area contributed by atoms with Gasteiger partial charge in [-0.3, -0.25) is 4.70 Å². The number of aliphatic hydroxyl groups is 1. The van der Waals surface area contributed by atoms with Crippen LogP contribution < -0.4 is 0 Å². The first kappa shape index (κ1) is 20.2. The SMILES string of the molecule is F.OC12CC(F)(F)C(F)(F)C(F)(C1(F)F)C(F)(F)C(F)(CF)C2. The van der Waals surface area contributed by atoms with Gasteiger partial charge in [-0.2, -0.15) is 35.1 Å². The number of halogens is 12. The Morgan fingerprint density at radius 1 is 0.696 bits per heavy atom.